The Kier molecular flexibility index (Phi) is 3.69. The molecule has 0 aromatic rings. The Balaban J connectivity index is 1.31. The Morgan fingerprint density at radius 2 is 2.00 bits per heavy atom. The highest BCUT2D eigenvalue weighted by Gasteiger charge is 2.34. The molecule has 1 atom stereocenters. The first kappa shape index (κ1) is 11.9. The molecule has 0 spiro atoms. The van der Waals surface area contributed by atoms with Crippen molar-refractivity contribution >= 4 is 0 Å². The zero-order valence-corrected chi connectivity index (χ0v) is 11.2. The van der Waals surface area contributed by atoms with E-state index in [9.17, 15) is 0 Å². The van der Waals surface area contributed by atoms with Crippen molar-refractivity contribution in [3.63, 3.8) is 0 Å². The maximum Gasteiger partial charge on any atom is 0.0207 e. The van der Waals surface area contributed by atoms with E-state index < -0.39 is 0 Å². The van der Waals surface area contributed by atoms with Gasteiger partial charge >= 0.3 is 0 Å². The fourth-order valence-corrected chi connectivity index (χ4v) is 3.18. The minimum atomic E-state index is 0.772. The first-order chi connectivity index (χ1) is 8.36. The van der Waals surface area contributed by atoms with Gasteiger partial charge in [-0.1, -0.05) is 6.92 Å². The average molecular weight is 237 g/mol. The largest absolute Gasteiger partial charge is 0.311 e. The lowest BCUT2D eigenvalue weighted by atomic mass is 10.2. The Bertz CT molecular complexity index is 248. The highest BCUT2D eigenvalue weighted by atomic mass is 15.2. The van der Waals surface area contributed by atoms with E-state index in [2.05, 4.69) is 22.0 Å². The van der Waals surface area contributed by atoms with Gasteiger partial charge < -0.3 is 5.32 Å². The standard InChI is InChI=1S/C14H27N3/c1-2-16(13-3-4-13)10-8-15-12-7-9-17(11-12)14-5-6-14/h12-15H,2-11H2,1H3. The van der Waals surface area contributed by atoms with Crippen LogP contribution in [0, 0.1) is 0 Å². The third-order valence-electron chi connectivity index (χ3n) is 4.58. The van der Waals surface area contributed by atoms with Crippen LogP contribution >= 0.6 is 0 Å². The van der Waals surface area contributed by atoms with Crippen molar-refractivity contribution in [3.8, 4) is 0 Å². The SMILES string of the molecule is CCN(CCNC1CCN(C2CC2)C1)C1CC1. The van der Waals surface area contributed by atoms with E-state index in [1.165, 1.54) is 64.8 Å². The first-order valence-corrected chi connectivity index (χ1v) is 7.58. The monoisotopic (exact) mass is 237 g/mol. The van der Waals surface area contributed by atoms with Gasteiger partial charge in [0.15, 0.2) is 0 Å². The molecule has 1 saturated heterocycles. The molecule has 1 N–H and O–H groups in total. The maximum atomic E-state index is 3.76. The Labute approximate surface area is 106 Å². The Morgan fingerprint density at radius 3 is 2.65 bits per heavy atom. The summed E-state index contributed by atoms with van der Waals surface area (Å²) in [5, 5.41) is 3.76. The van der Waals surface area contributed by atoms with Crippen molar-refractivity contribution < 1.29 is 0 Å². The second-order valence-electron chi connectivity index (χ2n) is 6.03. The topological polar surface area (TPSA) is 18.5 Å². The number of hydrogen-bond acceptors (Lipinski definition) is 3. The molecule has 0 aromatic heterocycles. The van der Waals surface area contributed by atoms with Gasteiger partial charge in [0.05, 0.1) is 0 Å². The molecule has 2 saturated carbocycles. The van der Waals surface area contributed by atoms with Crippen LogP contribution in [0.15, 0.2) is 0 Å². The highest BCUT2D eigenvalue weighted by molar-refractivity contribution is 4.92. The third-order valence-corrected chi connectivity index (χ3v) is 4.58. The van der Waals surface area contributed by atoms with Crippen molar-refractivity contribution in [2.75, 3.05) is 32.7 Å². The molecule has 0 bridgehead atoms. The molecule has 1 heterocycles. The fraction of sp³-hybridized carbons (Fsp3) is 1.00. The molecule has 1 aliphatic heterocycles. The zero-order valence-electron chi connectivity index (χ0n) is 11.2. The van der Waals surface area contributed by atoms with Crippen molar-refractivity contribution in [2.45, 2.75) is 57.2 Å². The number of rotatable bonds is 7. The summed E-state index contributed by atoms with van der Waals surface area (Å²) in [5.74, 6) is 0. The van der Waals surface area contributed by atoms with E-state index >= 15 is 0 Å². The van der Waals surface area contributed by atoms with Gasteiger partial charge in [0.1, 0.15) is 0 Å². The third kappa shape index (κ3) is 3.21. The summed E-state index contributed by atoms with van der Waals surface area (Å²) in [4.78, 5) is 5.33. The quantitative estimate of drug-likeness (QED) is 0.720. The smallest absolute Gasteiger partial charge is 0.0207 e. The lowest BCUT2D eigenvalue weighted by molar-refractivity contribution is 0.269. The minimum absolute atomic E-state index is 0.772. The number of nitrogens with zero attached hydrogens (tertiary/aromatic N) is 2. The van der Waals surface area contributed by atoms with E-state index in [1.807, 2.05) is 0 Å². The lowest BCUT2D eigenvalue weighted by Crippen LogP contribution is -2.39. The van der Waals surface area contributed by atoms with Crippen LogP contribution in [-0.4, -0.2) is 60.6 Å². The van der Waals surface area contributed by atoms with E-state index in [1.54, 1.807) is 0 Å². The van der Waals surface area contributed by atoms with Gasteiger partial charge in [-0.15, -0.1) is 0 Å². The van der Waals surface area contributed by atoms with Gasteiger partial charge in [0.2, 0.25) is 0 Å². The van der Waals surface area contributed by atoms with Crippen LogP contribution < -0.4 is 5.32 Å². The minimum Gasteiger partial charge on any atom is -0.311 e. The normalized spacial score (nSPS) is 30.4. The predicted molar refractivity (Wildman–Crippen MR) is 71.3 cm³/mol. The zero-order chi connectivity index (χ0) is 11.7. The summed E-state index contributed by atoms with van der Waals surface area (Å²) in [7, 11) is 0. The summed E-state index contributed by atoms with van der Waals surface area (Å²) < 4.78 is 0. The highest BCUT2D eigenvalue weighted by Crippen LogP contribution is 2.29. The van der Waals surface area contributed by atoms with Gasteiger partial charge in [-0.25, -0.2) is 0 Å². The molecule has 2 aliphatic carbocycles. The van der Waals surface area contributed by atoms with Crippen LogP contribution in [-0.2, 0) is 0 Å². The Hall–Kier alpha value is -0.120. The molecule has 3 aliphatic rings. The lowest BCUT2D eigenvalue weighted by Gasteiger charge is -2.21. The van der Waals surface area contributed by atoms with Crippen molar-refractivity contribution in [3.05, 3.63) is 0 Å². The number of hydrogen-bond donors (Lipinski definition) is 1. The molecule has 17 heavy (non-hydrogen) atoms. The molecule has 3 nitrogen and oxygen atoms in total. The number of likely N-dealkylation sites (tertiary alicyclic amines) is 1. The van der Waals surface area contributed by atoms with Crippen molar-refractivity contribution in [1.29, 1.82) is 0 Å². The molecule has 1 unspecified atom stereocenters. The van der Waals surface area contributed by atoms with Crippen molar-refractivity contribution in [2.24, 2.45) is 0 Å². The molecule has 3 rings (SSSR count). The molecule has 0 radical (unpaired) electrons. The molecule has 98 valence electrons. The van der Waals surface area contributed by atoms with E-state index in [4.69, 9.17) is 0 Å². The van der Waals surface area contributed by atoms with Crippen LogP contribution in [0.3, 0.4) is 0 Å². The molecular formula is C14H27N3. The molecule has 3 fully saturated rings. The summed E-state index contributed by atoms with van der Waals surface area (Å²) >= 11 is 0. The van der Waals surface area contributed by atoms with Crippen LogP contribution in [0.25, 0.3) is 0 Å². The van der Waals surface area contributed by atoms with Crippen LogP contribution in [0.1, 0.15) is 39.0 Å². The molecule has 3 heteroatoms. The van der Waals surface area contributed by atoms with E-state index in [-0.39, 0.29) is 0 Å². The first-order valence-electron chi connectivity index (χ1n) is 7.58. The molecule has 0 aromatic carbocycles. The van der Waals surface area contributed by atoms with E-state index in [0.29, 0.717) is 0 Å². The maximum absolute atomic E-state index is 3.76. The average Bonchev–Trinajstić information content (AvgIpc) is 3.24. The predicted octanol–water partition coefficient (Wildman–Crippen LogP) is 1.30. The summed E-state index contributed by atoms with van der Waals surface area (Å²) in [6.07, 6.45) is 7.15. The summed E-state index contributed by atoms with van der Waals surface area (Å²) in [6.45, 7) is 8.60. The second-order valence-corrected chi connectivity index (χ2v) is 6.03. The van der Waals surface area contributed by atoms with Crippen LogP contribution in [0.2, 0.25) is 0 Å². The number of nitrogens with one attached hydrogen (secondary N) is 1. The molecular weight excluding hydrogens is 210 g/mol. The van der Waals surface area contributed by atoms with Gasteiger partial charge in [0, 0.05) is 44.3 Å². The second kappa shape index (κ2) is 5.25. The van der Waals surface area contributed by atoms with Gasteiger partial charge in [-0.3, -0.25) is 9.80 Å². The van der Waals surface area contributed by atoms with Crippen LogP contribution in [0.4, 0.5) is 0 Å². The van der Waals surface area contributed by atoms with Gasteiger partial charge in [-0.05, 0) is 38.6 Å². The fourth-order valence-electron chi connectivity index (χ4n) is 3.18. The molecule has 0 amide bonds. The summed E-state index contributed by atoms with van der Waals surface area (Å²) in [6, 6.07) is 2.65. The van der Waals surface area contributed by atoms with Crippen molar-refractivity contribution in [1.82, 2.24) is 15.1 Å². The van der Waals surface area contributed by atoms with Gasteiger partial charge in [0.25, 0.3) is 0 Å². The van der Waals surface area contributed by atoms with E-state index in [0.717, 1.165) is 18.1 Å². The Morgan fingerprint density at radius 1 is 1.18 bits per heavy atom. The van der Waals surface area contributed by atoms with Crippen LogP contribution in [0.5, 0.6) is 0 Å². The summed E-state index contributed by atoms with van der Waals surface area (Å²) in [5.41, 5.74) is 0. The number of likely N-dealkylation sites (N-methyl/N-ethyl adjacent to an activating group) is 1. The van der Waals surface area contributed by atoms with Gasteiger partial charge in [-0.2, -0.15) is 0 Å².